The first-order valence-corrected chi connectivity index (χ1v) is 27.8. The maximum atomic E-state index is 12.8. The summed E-state index contributed by atoms with van der Waals surface area (Å²) in [6.07, 6.45) is -57.2. The molecule has 0 bridgehead atoms. The Balaban J connectivity index is 1.19. The van der Waals surface area contributed by atoms with Crippen molar-refractivity contribution in [3.8, 4) is 0 Å². The van der Waals surface area contributed by atoms with Crippen LogP contribution in [0.4, 0.5) is 0 Å². The van der Waals surface area contributed by atoms with E-state index in [9.17, 15) is 106 Å². The van der Waals surface area contributed by atoms with Crippen molar-refractivity contribution in [2.75, 3.05) is 46.2 Å². The summed E-state index contributed by atoms with van der Waals surface area (Å²) in [4.78, 5) is 37.5. The quantitative estimate of drug-likeness (QED) is 0.0479. The first-order chi connectivity index (χ1) is 40.7. The highest BCUT2D eigenvalue weighted by molar-refractivity contribution is 5.74. The lowest BCUT2D eigenvalue weighted by molar-refractivity contribution is -0.396. The monoisotopic (exact) mass is 1260 g/mol. The first kappa shape index (κ1) is 70.6. The average molecular weight is 1260 g/mol. The number of nitrogens with one attached hydrogen (secondary N) is 3. The molecule has 21 N–H and O–H groups in total. The van der Waals surface area contributed by atoms with Gasteiger partial charge in [-0.3, -0.25) is 14.4 Å². The molecule has 0 aromatic rings. The summed E-state index contributed by atoms with van der Waals surface area (Å²) in [6.45, 7) is -1.68. The van der Waals surface area contributed by atoms with Crippen LogP contribution in [0.3, 0.4) is 0 Å². The number of hydrogen-bond donors (Lipinski definition) is 21. The molecule has 7 heterocycles. The molecule has 0 radical (unpaired) electrons. The van der Waals surface area contributed by atoms with Gasteiger partial charge in [0.25, 0.3) is 0 Å². The Morgan fingerprint density at radius 1 is 0.360 bits per heavy atom. The highest BCUT2D eigenvalue weighted by atomic mass is 16.8. The minimum absolute atomic E-state index is 0.413. The molecular weight excluding hydrogens is 1170 g/mol. The molecule has 0 saturated carbocycles. The van der Waals surface area contributed by atoms with Crippen LogP contribution in [-0.4, -0.2) is 364 Å². The normalized spacial score (nSPS) is 48.5. The van der Waals surface area contributed by atoms with Crippen molar-refractivity contribution < 1.29 is 168 Å². The Bertz CT molecular complexity index is 2150. The lowest BCUT2D eigenvalue weighted by Gasteiger charge is -2.51. The summed E-state index contributed by atoms with van der Waals surface area (Å²) in [5.74, 6) is -2.26. The summed E-state index contributed by atoms with van der Waals surface area (Å²) in [6, 6.07) is -4.66. The largest absolute Gasteiger partial charge is 0.394 e. The number of ether oxygens (including phenoxy) is 13. The van der Waals surface area contributed by atoms with Gasteiger partial charge in [-0.15, -0.1) is 0 Å². The zero-order valence-corrected chi connectivity index (χ0v) is 46.9. The topological polar surface area (TPSA) is 571 Å². The minimum atomic E-state index is -2.34. The van der Waals surface area contributed by atoms with Crippen LogP contribution in [0.25, 0.3) is 0 Å². The Morgan fingerprint density at radius 2 is 0.733 bits per heavy atom. The number of aliphatic hydroxyl groups excluding tert-OH is 18. The molecule has 86 heavy (non-hydrogen) atoms. The Kier molecular flexibility index (Phi) is 25.5. The number of carbonyl (C=O) groups is 3. The molecule has 7 rings (SSSR count). The minimum Gasteiger partial charge on any atom is -0.394 e. The van der Waals surface area contributed by atoms with Crippen LogP contribution < -0.4 is 16.0 Å². The molecule has 7 aliphatic heterocycles. The Labute approximate surface area is 489 Å². The van der Waals surface area contributed by atoms with Gasteiger partial charge in [0.05, 0.1) is 64.5 Å². The highest BCUT2D eigenvalue weighted by Crippen LogP contribution is 2.38. The van der Waals surface area contributed by atoms with Gasteiger partial charge in [0.1, 0.15) is 152 Å². The standard InChI is InChI=1S/C49H83N3O34/c1-13-26(50-14(2)59)33(67)40(21(9-56)75-13)82-45-27(51-15(3)60)34(68)42(23(11-58)79-45)84-48-39(73)43(32(66)24(81-48)12-74-25-5-17(62)29(63)18(6-53)76-25)85-49-44(37(71)31(65)20(8-55)78-49)86-46-28(52-16(4)61)35(69)41(22(10-57)80-46)83-47-38(72)36(70)30(64)19(7-54)77-47/h13,17-49,53-58,62-73H,5-12H2,1-4H3,(H,50,59)(H,51,60)(H,52,61)/t13-,17+,18?,19?,20?,21?,22?,23?,24?,25-,26?,27?,28?,29-,30-,31+,32+,33+,34+,35+,36-,37?,38?,39?,40+,41+,42+,43-,44?,45-,46-,47-,48-,49+/m0/s1. The predicted octanol–water partition coefficient (Wildman–Crippen LogP) is -13.7. The molecule has 7 aliphatic rings. The molecule has 498 valence electrons. The van der Waals surface area contributed by atoms with Gasteiger partial charge < -0.3 is 169 Å². The van der Waals surface area contributed by atoms with Gasteiger partial charge in [-0.1, -0.05) is 0 Å². The summed E-state index contributed by atoms with van der Waals surface area (Å²) >= 11 is 0. The van der Waals surface area contributed by atoms with E-state index in [0.717, 1.165) is 13.8 Å². The van der Waals surface area contributed by atoms with E-state index in [4.69, 9.17) is 61.6 Å². The van der Waals surface area contributed by atoms with E-state index in [0.29, 0.717) is 0 Å². The van der Waals surface area contributed by atoms with E-state index in [1.807, 2.05) is 0 Å². The summed E-state index contributed by atoms with van der Waals surface area (Å²) < 4.78 is 76.8. The van der Waals surface area contributed by atoms with Gasteiger partial charge in [-0.2, -0.15) is 0 Å². The summed E-state index contributed by atoms with van der Waals surface area (Å²) in [7, 11) is 0. The van der Waals surface area contributed by atoms with E-state index in [2.05, 4.69) is 16.0 Å². The smallest absolute Gasteiger partial charge is 0.217 e. The van der Waals surface area contributed by atoms with Crippen LogP contribution in [0.1, 0.15) is 34.1 Å². The van der Waals surface area contributed by atoms with Gasteiger partial charge in [-0.05, 0) is 6.92 Å². The fraction of sp³-hybridized carbons (Fsp3) is 0.939. The second-order valence-corrected chi connectivity index (χ2v) is 22.0. The van der Waals surface area contributed by atoms with Crippen LogP contribution in [-0.2, 0) is 76.0 Å². The van der Waals surface area contributed by atoms with Crippen molar-refractivity contribution in [2.24, 2.45) is 0 Å². The molecule has 3 amide bonds. The SMILES string of the molecule is CC(=O)NC1[C@H](OC2C(O)[C@H](O)C(CO)O[C@@H]2O[C@@H]2C(O)[C@H](O[C@@H]3C(CO)O[C@@H](O[C@@H]4C(CO)O[C@@H](C)C(NC(C)=O)[C@H]4O)C(NC(C)=O)[C@H]3O)OC(CO[C@@H]3C[C@@H](O)[C@H](O)C(CO)O3)[C@H]2O)OC(CO)[C@@H](O[C@@H]2OC(CO)[C@H](O)[C@H](O)C2O)[C@@H]1O. The first-order valence-electron chi connectivity index (χ1n) is 27.8. The van der Waals surface area contributed by atoms with Gasteiger partial charge >= 0.3 is 0 Å². The molecular formula is C49H83N3O34. The lowest BCUT2D eigenvalue weighted by atomic mass is 9.92. The van der Waals surface area contributed by atoms with Crippen LogP contribution in [0, 0.1) is 0 Å². The van der Waals surface area contributed by atoms with E-state index in [1.165, 1.54) is 13.8 Å². The van der Waals surface area contributed by atoms with Crippen molar-refractivity contribution in [1.82, 2.24) is 16.0 Å². The second-order valence-electron chi connectivity index (χ2n) is 22.0. The zero-order valence-electron chi connectivity index (χ0n) is 46.9. The molecule has 14 unspecified atom stereocenters. The van der Waals surface area contributed by atoms with Gasteiger partial charge in [0.2, 0.25) is 17.7 Å². The van der Waals surface area contributed by atoms with Crippen molar-refractivity contribution >= 4 is 17.7 Å². The van der Waals surface area contributed by atoms with Crippen LogP contribution in [0.2, 0.25) is 0 Å². The predicted molar refractivity (Wildman–Crippen MR) is 269 cm³/mol. The van der Waals surface area contributed by atoms with Gasteiger partial charge in [-0.25, -0.2) is 0 Å². The van der Waals surface area contributed by atoms with Crippen LogP contribution in [0.5, 0.6) is 0 Å². The van der Waals surface area contributed by atoms with E-state index in [-0.39, 0.29) is 0 Å². The molecule has 0 aromatic carbocycles. The summed E-state index contributed by atoms with van der Waals surface area (Å²) in [5.41, 5.74) is 0. The molecule has 37 heteroatoms. The highest BCUT2D eigenvalue weighted by Gasteiger charge is 2.59. The summed E-state index contributed by atoms with van der Waals surface area (Å²) in [5, 5.41) is 204. The Hall–Kier alpha value is -2.83. The number of amides is 3. The number of aliphatic hydroxyl groups is 18. The number of rotatable bonds is 22. The fourth-order valence-electron chi connectivity index (χ4n) is 11.3. The molecule has 0 aromatic heterocycles. The van der Waals surface area contributed by atoms with Gasteiger partial charge in [0.15, 0.2) is 37.7 Å². The number of hydrogen-bond acceptors (Lipinski definition) is 34. The maximum Gasteiger partial charge on any atom is 0.217 e. The third-order valence-corrected chi connectivity index (χ3v) is 15.9. The molecule has 7 fully saturated rings. The van der Waals surface area contributed by atoms with Crippen molar-refractivity contribution in [3.63, 3.8) is 0 Å². The number of carbonyl (C=O) groups excluding carboxylic acids is 3. The van der Waals surface area contributed by atoms with Crippen molar-refractivity contribution in [1.29, 1.82) is 0 Å². The van der Waals surface area contributed by atoms with E-state index >= 15 is 0 Å². The van der Waals surface area contributed by atoms with Crippen molar-refractivity contribution in [2.45, 2.75) is 243 Å². The molecule has 34 atom stereocenters. The maximum absolute atomic E-state index is 12.8. The average Bonchev–Trinajstić information content (AvgIpc) is 1.10. The fourth-order valence-corrected chi connectivity index (χ4v) is 11.3. The van der Waals surface area contributed by atoms with Crippen LogP contribution in [0.15, 0.2) is 0 Å². The molecule has 7 saturated heterocycles. The van der Waals surface area contributed by atoms with E-state index < -0.39 is 279 Å². The van der Waals surface area contributed by atoms with Crippen LogP contribution >= 0.6 is 0 Å². The second kappa shape index (κ2) is 31.0. The molecule has 37 nitrogen and oxygen atoms in total. The third kappa shape index (κ3) is 15.7. The van der Waals surface area contributed by atoms with Gasteiger partial charge in [0, 0.05) is 27.2 Å². The molecule has 0 aliphatic carbocycles. The lowest BCUT2D eigenvalue weighted by Crippen LogP contribution is -2.70. The third-order valence-electron chi connectivity index (χ3n) is 15.9. The molecule has 0 spiro atoms. The van der Waals surface area contributed by atoms with E-state index in [1.54, 1.807) is 0 Å². The Morgan fingerprint density at radius 3 is 1.22 bits per heavy atom. The zero-order chi connectivity index (χ0) is 63.3. The van der Waals surface area contributed by atoms with Crippen molar-refractivity contribution in [3.05, 3.63) is 0 Å².